The van der Waals surface area contributed by atoms with Crippen LogP contribution in [0.4, 0.5) is 0 Å². The SMILES string of the molecule is NS(=O)(=O)c1cccc(CNC(=O)CCNC(=O)C23CC4CC(CC(C4)C2)C3)c1. The van der Waals surface area contributed by atoms with Crippen LogP contribution in [-0.4, -0.2) is 26.8 Å². The number of nitrogens with one attached hydrogen (secondary N) is 2. The van der Waals surface area contributed by atoms with Crippen LogP contribution in [0.2, 0.25) is 0 Å². The fraction of sp³-hybridized carbons (Fsp3) is 0.619. The van der Waals surface area contributed by atoms with E-state index in [1.807, 2.05) is 0 Å². The van der Waals surface area contributed by atoms with Gasteiger partial charge in [-0.15, -0.1) is 0 Å². The standard InChI is InChI=1S/C21H29N3O4S/c22-29(27,28)18-3-1-2-14(9-18)13-24-19(25)4-5-23-20(26)21-10-15-6-16(11-21)8-17(7-15)12-21/h1-3,9,15-17H,4-8,10-13H2,(H,23,26)(H,24,25)(H2,22,27,28). The molecule has 8 heteroatoms. The highest BCUT2D eigenvalue weighted by atomic mass is 32.2. The number of sulfonamides is 1. The third-order valence-corrected chi connectivity index (χ3v) is 7.79. The molecule has 0 radical (unpaired) electrons. The van der Waals surface area contributed by atoms with Gasteiger partial charge in [-0.05, 0) is 74.0 Å². The molecule has 4 saturated carbocycles. The largest absolute Gasteiger partial charge is 0.355 e. The first-order valence-corrected chi connectivity index (χ1v) is 11.9. The van der Waals surface area contributed by atoms with Crippen molar-refractivity contribution >= 4 is 21.8 Å². The molecule has 0 unspecified atom stereocenters. The Labute approximate surface area is 171 Å². The molecule has 4 bridgehead atoms. The zero-order valence-electron chi connectivity index (χ0n) is 16.5. The summed E-state index contributed by atoms with van der Waals surface area (Å²) in [6.07, 6.45) is 7.12. The summed E-state index contributed by atoms with van der Waals surface area (Å²) in [6, 6.07) is 6.18. The van der Waals surface area contributed by atoms with Gasteiger partial charge in [0.1, 0.15) is 0 Å². The average Bonchev–Trinajstić information content (AvgIpc) is 2.65. The summed E-state index contributed by atoms with van der Waals surface area (Å²) in [5, 5.41) is 10.9. The van der Waals surface area contributed by atoms with Crippen molar-refractivity contribution in [1.82, 2.24) is 10.6 Å². The van der Waals surface area contributed by atoms with Gasteiger partial charge >= 0.3 is 0 Å². The van der Waals surface area contributed by atoms with Crippen LogP contribution in [0.5, 0.6) is 0 Å². The summed E-state index contributed by atoms with van der Waals surface area (Å²) >= 11 is 0. The van der Waals surface area contributed by atoms with Crippen molar-refractivity contribution in [1.29, 1.82) is 0 Å². The predicted molar refractivity (Wildman–Crippen MR) is 108 cm³/mol. The van der Waals surface area contributed by atoms with Crippen LogP contribution in [0.15, 0.2) is 29.2 Å². The van der Waals surface area contributed by atoms with Crippen molar-refractivity contribution < 1.29 is 18.0 Å². The minimum atomic E-state index is -3.77. The monoisotopic (exact) mass is 419 g/mol. The van der Waals surface area contributed by atoms with Crippen molar-refractivity contribution in [3.8, 4) is 0 Å². The molecule has 0 saturated heterocycles. The molecule has 0 spiro atoms. The highest BCUT2D eigenvalue weighted by Crippen LogP contribution is 2.60. The van der Waals surface area contributed by atoms with Crippen molar-refractivity contribution in [2.24, 2.45) is 28.3 Å². The Balaban J connectivity index is 1.23. The van der Waals surface area contributed by atoms with Gasteiger partial charge in [-0.2, -0.15) is 0 Å². The second-order valence-electron chi connectivity index (χ2n) is 9.17. The summed E-state index contributed by atoms with van der Waals surface area (Å²) in [5.41, 5.74) is 0.460. The second kappa shape index (κ2) is 7.72. The number of carbonyl (C=O) groups excluding carboxylic acids is 2. The normalized spacial score (nSPS) is 30.2. The molecule has 2 amide bonds. The van der Waals surface area contributed by atoms with Crippen molar-refractivity contribution in [3.05, 3.63) is 29.8 Å². The van der Waals surface area contributed by atoms with Gasteiger partial charge in [0.2, 0.25) is 21.8 Å². The zero-order valence-corrected chi connectivity index (χ0v) is 17.3. The molecule has 4 N–H and O–H groups in total. The summed E-state index contributed by atoms with van der Waals surface area (Å²) in [7, 11) is -3.77. The Morgan fingerprint density at radius 3 is 2.24 bits per heavy atom. The van der Waals surface area contributed by atoms with Crippen molar-refractivity contribution in [2.45, 2.75) is 56.4 Å². The lowest BCUT2D eigenvalue weighted by molar-refractivity contribution is -0.146. The van der Waals surface area contributed by atoms with Gasteiger partial charge in [0.05, 0.1) is 4.90 Å². The molecule has 0 aromatic heterocycles. The number of primary sulfonamides is 1. The number of benzene rings is 1. The molecule has 1 aromatic carbocycles. The lowest BCUT2D eigenvalue weighted by Crippen LogP contribution is -2.53. The van der Waals surface area contributed by atoms with E-state index in [4.69, 9.17) is 5.14 Å². The Morgan fingerprint density at radius 2 is 1.66 bits per heavy atom. The minimum absolute atomic E-state index is 0.0204. The van der Waals surface area contributed by atoms with Crippen LogP contribution in [-0.2, 0) is 26.2 Å². The Kier molecular flexibility index (Phi) is 5.42. The minimum Gasteiger partial charge on any atom is -0.355 e. The van der Waals surface area contributed by atoms with Gasteiger partial charge in [-0.1, -0.05) is 12.1 Å². The lowest BCUT2D eigenvalue weighted by atomic mass is 9.49. The number of hydrogen-bond donors (Lipinski definition) is 3. The average molecular weight is 420 g/mol. The Bertz CT molecular complexity index is 877. The maximum absolute atomic E-state index is 12.9. The van der Waals surface area contributed by atoms with Crippen LogP contribution in [0.1, 0.15) is 50.5 Å². The first kappa shape index (κ1) is 20.3. The molecule has 7 nitrogen and oxygen atoms in total. The molecule has 4 fully saturated rings. The molecule has 1 aromatic rings. The van der Waals surface area contributed by atoms with E-state index in [1.54, 1.807) is 12.1 Å². The third-order valence-electron chi connectivity index (χ3n) is 6.87. The fourth-order valence-electron chi connectivity index (χ4n) is 5.99. The van der Waals surface area contributed by atoms with E-state index in [-0.39, 0.29) is 35.1 Å². The number of carbonyl (C=O) groups is 2. The summed E-state index contributed by atoms with van der Waals surface area (Å²) in [4.78, 5) is 25.0. The Morgan fingerprint density at radius 1 is 1.03 bits per heavy atom. The summed E-state index contributed by atoms with van der Waals surface area (Å²) in [6.45, 7) is 0.536. The number of amides is 2. The molecule has 5 rings (SSSR count). The van der Waals surface area contributed by atoms with Gasteiger partial charge < -0.3 is 10.6 Å². The van der Waals surface area contributed by atoms with Crippen LogP contribution in [0, 0.1) is 23.2 Å². The molecule has 29 heavy (non-hydrogen) atoms. The molecule has 4 aliphatic carbocycles. The van der Waals surface area contributed by atoms with E-state index in [1.165, 1.54) is 31.4 Å². The molecule has 158 valence electrons. The number of nitrogens with two attached hydrogens (primary N) is 1. The quantitative estimate of drug-likeness (QED) is 0.623. The van der Waals surface area contributed by atoms with Gasteiger partial charge in [0.15, 0.2) is 0 Å². The van der Waals surface area contributed by atoms with Crippen LogP contribution < -0.4 is 15.8 Å². The van der Waals surface area contributed by atoms with Crippen molar-refractivity contribution in [3.63, 3.8) is 0 Å². The Hall–Kier alpha value is -1.93. The van der Waals surface area contributed by atoms with E-state index in [0.29, 0.717) is 29.9 Å². The van der Waals surface area contributed by atoms with Gasteiger partial charge in [-0.25, -0.2) is 13.6 Å². The second-order valence-corrected chi connectivity index (χ2v) is 10.7. The predicted octanol–water partition coefficient (Wildman–Crippen LogP) is 1.67. The first-order valence-electron chi connectivity index (χ1n) is 10.4. The maximum atomic E-state index is 12.9. The van der Waals surface area contributed by atoms with E-state index >= 15 is 0 Å². The molecule has 0 atom stereocenters. The zero-order chi connectivity index (χ0) is 20.6. The van der Waals surface area contributed by atoms with E-state index in [2.05, 4.69) is 10.6 Å². The fourth-order valence-corrected chi connectivity index (χ4v) is 6.57. The van der Waals surface area contributed by atoms with Gasteiger partial charge in [0, 0.05) is 24.9 Å². The summed E-state index contributed by atoms with van der Waals surface area (Å²) in [5.74, 6) is 2.08. The molecule has 0 heterocycles. The number of rotatable bonds is 7. The van der Waals surface area contributed by atoms with Gasteiger partial charge in [0.25, 0.3) is 0 Å². The smallest absolute Gasteiger partial charge is 0.238 e. The molecule has 4 aliphatic rings. The van der Waals surface area contributed by atoms with E-state index in [0.717, 1.165) is 19.3 Å². The highest BCUT2D eigenvalue weighted by Gasteiger charge is 2.54. The third kappa shape index (κ3) is 4.48. The van der Waals surface area contributed by atoms with E-state index < -0.39 is 10.0 Å². The summed E-state index contributed by atoms with van der Waals surface area (Å²) < 4.78 is 22.8. The van der Waals surface area contributed by atoms with Gasteiger partial charge in [-0.3, -0.25) is 9.59 Å². The molecular weight excluding hydrogens is 390 g/mol. The van der Waals surface area contributed by atoms with Crippen LogP contribution in [0.3, 0.4) is 0 Å². The first-order chi connectivity index (χ1) is 13.7. The van der Waals surface area contributed by atoms with E-state index in [9.17, 15) is 18.0 Å². The lowest BCUT2D eigenvalue weighted by Gasteiger charge is -2.55. The maximum Gasteiger partial charge on any atom is 0.238 e. The van der Waals surface area contributed by atoms with Crippen molar-refractivity contribution in [2.75, 3.05) is 6.54 Å². The number of hydrogen-bond acceptors (Lipinski definition) is 4. The topological polar surface area (TPSA) is 118 Å². The highest BCUT2D eigenvalue weighted by molar-refractivity contribution is 7.89. The van der Waals surface area contributed by atoms with Crippen LogP contribution in [0.25, 0.3) is 0 Å². The van der Waals surface area contributed by atoms with Crippen LogP contribution >= 0.6 is 0 Å². The molecular formula is C21H29N3O4S. The molecule has 0 aliphatic heterocycles.